The highest BCUT2D eigenvalue weighted by molar-refractivity contribution is 14.0. The molecule has 0 aliphatic carbocycles. The predicted molar refractivity (Wildman–Crippen MR) is 123 cm³/mol. The summed E-state index contributed by atoms with van der Waals surface area (Å²) in [6.07, 6.45) is 0.566. The summed E-state index contributed by atoms with van der Waals surface area (Å²) < 4.78 is 5.77. The zero-order chi connectivity index (χ0) is 19.2. The van der Waals surface area contributed by atoms with E-state index in [4.69, 9.17) is 9.73 Å². The highest BCUT2D eigenvalue weighted by Gasteiger charge is 2.25. The van der Waals surface area contributed by atoms with Crippen LogP contribution in [0, 0.1) is 5.92 Å². The van der Waals surface area contributed by atoms with E-state index < -0.39 is 0 Å². The van der Waals surface area contributed by atoms with Gasteiger partial charge in [-0.25, -0.2) is 0 Å². The molecule has 154 valence electrons. The van der Waals surface area contributed by atoms with E-state index in [2.05, 4.69) is 57.0 Å². The number of benzene rings is 1. The third-order valence-electron chi connectivity index (χ3n) is 4.64. The molecule has 2 rings (SSSR count). The monoisotopic (exact) mass is 489 g/mol. The number of halogens is 1. The van der Waals surface area contributed by atoms with Crippen LogP contribution >= 0.6 is 24.0 Å². The summed E-state index contributed by atoms with van der Waals surface area (Å²) in [5.41, 5.74) is 1.17. The maximum Gasteiger partial charge on any atom is 0.194 e. The molecule has 6 heteroatoms. The fraction of sp³-hybridized carbons (Fsp3) is 0.667. The van der Waals surface area contributed by atoms with Crippen molar-refractivity contribution >= 4 is 29.9 Å². The number of hydrogen-bond acceptors (Lipinski definition) is 3. The fourth-order valence-corrected chi connectivity index (χ4v) is 2.99. The lowest BCUT2D eigenvalue weighted by atomic mass is 9.85. The normalized spacial score (nSPS) is 17.8. The van der Waals surface area contributed by atoms with Crippen LogP contribution in [0.2, 0.25) is 0 Å². The van der Waals surface area contributed by atoms with Gasteiger partial charge in [-0.2, -0.15) is 0 Å². The van der Waals surface area contributed by atoms with E-state index in [0.29, 0.717) is 19.0 Å². The molecule has 1 aromatic carbocycles. The van der Waals surface area contributed by atoms with Crippen LogP contribution in [0.25, 0.3) is 0 Å². The molecule has 0 saturated carbocycles. The van der Waals surface area contributed by atoms with Crippen LogP contribution < -0.4 is 10.1 Å². The molecule has 0 unspecified atom stereocenters. The molecule has 0 aromatic heterocycles. The minimum absolute atomic E-state index is 0. The van der Waals surface area contributed by atoms with E-state index in [-0.39, 0.29) is 35.5 Å². The van der Waals surface area contributed by atoms with Crippen molar-refractivity contribution in [3.05, 3.63) is 29.8 Å². The second-order valence-corrected chi connectivity index (χ2v) is 8.17. The van der Waals surface area contributed by atoms with Crippen LogP contribution in [0.4, 0.5) is 0 Å². The predicted octanol–water partition coefficient (Wildman–Crippen LogP) is 3.65. The summed E-state index contributed by atoms with van der Waals surface area (Å²) in [6, 6.07) is 8.37. The molecule has 1 fully saturated rings. The summed E-state index contributed by atoms with van der Waals surface area (Å²) in [5.74, 6) is 2.34. The maximum atomic E-state index is 9.79. The minimum atomic E-state index is -0.245. The van der Waals surface area contributed by atoms with Crippen LogP contribution in [0.1, 0.15) is 46.6 Å². The number of ether oxygens (including phenoxy) is 1. The Balaban J connectivity index is 0.00000364. The second-order valence-electron chi connectivity index (χ2n) is 8.17. The van der Waals surface area contributed by atoms with Crippen molar-refractivity contribution in [3.8, 4) is 5.75 Å². The van der Waals surface area contributed by atoms with Gasteiger partial charge in [0.05, 0.1) is 19.3 Å². The van der Waals surface area contributed by atoms with Gasteiger partial charge in [-0.1, -0.05) is 39.8 Å². The van der Waals surface area contributed by atoms with Gasteiger partial charge < -0.3 is 20.1 Å². The molecule has 1 aliphatic heterocycles. The van der Waals surface area contributed by atoms with E-state index in [1.807, 2.05) is 12.1 Å². The van der Waals surface area contributed by atoms with Gasteiger partial charge in [-0.05, 0) is 37.0 Å². The first-order valence-corrected chi connectivity index (χ1v) is 9.76. The van der Waals surface area contributed by atoms with Crippen molar-refractivity contribution in [1.82, 2.24) is 10.2 Å². The molecule has 1 aliphatic rings. The number of β-amino-alcohol motifs (C(OH)–C–C–N with tert-alkyl or cyclic N) is 1. The molecular weight excluding hydrogens is 453 g/mol. The SMILES string of the molecule is CCNC(=NCC(C)(C)c1ccc(OCC(C)C)cc1)N1CC[C@@H](O)C1.I. The Morgan fingerprint density at radius 1 is 1.33 bits per heavy atom. The van der Waals surface area contributed by atoms with Crippen molar-refractivity contribution < 1.29 is 9.84 Å². The average Bonchev–Trinajstić information content (AvgIpc) is 3.03. The number of guanidine groups is 1. The van der Waals surface area contributed by atoms with E-state index in [1.165, 1.54) is 5.56 Å². The second kappa shape index (κ2) is 11.1. The summed E-state index contributed by atoms with van der Waals surface area (Å²) in [6.45, 7) is 14.6. The van der Waals surface area contributed by atoms with E-state index in [1.54, 1.807) is 0 Å². The van der Waals surface area contributed by atoms with E-state index in [9.17, 15) is 5.11 Å². The largest absolute Gasteiger partial charge is 0.493 e. The third kappa shape index (κ3) is 7.49. The van der Waals surface area contributed by atoms with Crippen LogP contribution in [0.15, 0.2) is 29.3 Å². The summed E-state index contributed by atoms with van der Waals surface area (Å²) in [4.78, 5) is 6.99. The van der Waals surface area contributed by atoms with Gasteiger partial charge in [-0.3, -0.25) is 4.99 Å². The van der Waals surface area contributed by atoms with Gasteiger partial charge in [-0.15, -0.1) is 24.0 Å². The van der Waals surface area contributed by atoms with Gasteiger partial charge in [0.1, 0.15) is 5.75 Å². The van der Waals surface area contributed by atoms with E-state index in [0.717, 1.165) is 37.8 Å². The average molecular weight is 489 g/mol. The molecule has 0 radical (unpaired) electrons. The van der Waals surface area contributed by atoms with E-state index >= 15 is 0 Å². The Bertz CT molecular complexity index is 588. The summed E-state index contributed by atoms with van der Waals surface area (Å²) >= 11 is 0. The molecule has 5 nitrogen and oxygen atoms in total. The molecule has 1 aromatic rings. The number of aliphatic hydroxyl groups is 1. The number of nitrogens with one attached hydrogen (secondary N) is 1. The van der Waals surface area contributed by atoms with Crippen LogP contribution in [0.5, 0.6) is 5.75 Å². The molecule has 0 amide bonds. The lowest BCUT2D eigenvalue weighted by molar-refractivity contribution is 0.187. The fourth-order valence-electron chi connectivity index (χ4n) is 2.99. The van der Waals surface area contributed by atoms with Gasteiger partial charge in [0.2, 0.25) is 0 Å². The van der Waals surface area contributed by atoms with Crippen LogP contribution in [-0.4, -0.2) is 54.9 Å². The Morgan fingerprint density at radius 2 is 2.00 bits per heavy atom. The van der Waals surface area contributed by atoms with Crippen molar-refractivity contribution in [2.45, 2.75) is 52.6 Å². The molecule has 2 N–H and O–H groups in total. The van der Waals surface area contributed by atoms with Crippen molar-refractivity contribution in [2.75, 3.05) is 32.8 Å². The molecule has 0 spiro atoms. The first kappa shape index (κ1) is 24.0. The van der Waals surface area contributed by atoms with Crippen LogP contribution in [0.3, 0.4) is 0 Å². The van der Waals surface area contributed by atoms with Gasteiger partial charge in [0.15, 0.2) is 5.96 Å². The zero-order valence-corrected chi connectivity index (χ0v) is 19.7. The number of aliphatic hydroxyl groups excluding tert-OH is 1. The summed E-state index contributed by atoms with van der Waals surface area (Å²) in [5, 5.41) is 13.1. The van der Waals surface area contributed by atoms with Gasteiger partial charge in [0, 0.05) is 25.0 Å². The minimum Gasteiger partial charge on any atom is -0.493 e. The lowest BCUT2D eigenvalue weighted by Gasteiger charge is -2.26. The first-order valence-electron chi connectivity index (χ1n) is 9.76. The Labute approximate surface area is 181 Å². The Morgan fingerprint density at radius 3 is 2.52 bits per heavy atom. The first-order chi connectivity index (χ1) is 12.3. The van der Waals surface area contributed by atoms with Gasteiger partial charge in [0.25, 0.3) is 0 Å². The lowest BCUT2D eigenvalue weighted by Crippen LogP contribution is -2.41. The smallest absolute Gasteiger partial charge is 0.194 e. The molecule has 1 saturated heterocycles. The molecular formula is C21H36IN3O2. The van der Waals surface area contributed by atoms with Crippen molar-refractivity contribution in [3.63, 3.8) is 0 Å². The Hall–Kier alpha value is -1.02. The Kier molecular flexibility index (Phi) is 9.87. The zero-order valence-electron chi connectivity index (χ0n) is 17.4. The number of nitrogens with zero attached hydrogens (tertiary/aromatic N) is 2. The molecule has 27 heavy (non-hydrogen) atoms. The van der Waals surface area contributed by atoms with Crippen molar-refractivity contribution in [1.29, 1.82) is 0 Å². The maximum absolute atomic E-state index is 9.79. The number of aliphatic imine (C=N–C) groups is 1. The summed E-state index contributed by atoms with van der Waals surface area (Å²) in [7, 11) is 0. The van der Waals surface area contributed by atoms with Gasteiger partial charge >= 0.3 is 0 Å². The molecule has 1 heterocycles. The highest BCUT2D eigenvalue weighted by atomic mass is 127. The number of likely N-dealkylation sites (tertiary alicyclic amines) is 1. The number of hydrogen-bond donors (Lipinski definition) is 2. The van der Waals surface area contributed by atoms with Crippen LogP contribution in [-0.2, 0) is 5.41 Å². The highest BCUT2D eigenvalue weighted by Crippen LogP contribution is 2.26. The molecule has 0 bridgehead atoms. The van der Waals surface area contributed by atoms with Crippen molar-refractivity contribution in [2.24, 2.45) is 10.9 Å². The standard InChI is InChI=1S/C21H35N3O2.HI/c1-6-22-20(24-12-11-18(25)13-24)23-15-21(4,5)17-7-9-19(10-8-17)26-14-16(2)3;/h7-10,16,18,25H,6,11-15H2,1-5H3,(H,22,23);1H/t18-;/m1./s1. The third-order valence-corrected chi connectivity index (χ3v) is 4.64. The number of rotatable bonds is 7. The topological polar surface area (TPSA) is 57.1 Å². The quantitative estimate of drug-likeness (QED) is 0.349. The molecule has 1 atom stereocenters.